The number of halogens is 1. The number of alkyl halides is 1. The summed E-state index contributed by atoms with van der Waals surface area (Å²) >= 11 is 6.41. The second-order valence-corrected chi connectivity index (χ2v) is 6.41. The number of rotatable bonds is 4. The minimum Gasteiger partial charge on any atom is -0.254 e. The van der Waals surface area contributed by atoms with Crippen molar-refractivity contribution < 1.29 is 4.21 Å². The van der Waals surface area contributed by atoms with Crippen molar-refractivity contribution in [2.75, 3.05) is 0 Å². The molecule has 0 N–H and O–H groups in total. The third-order valence-corrected chi connectivity index (χ3v) is 5.31. The monoisotopic (exact) mass is 278 g/mol. The Morgan fingerprint density at radius 3 is 2.00 bits per heavy atom. The molecule has 0 spiro atoms. The van der Waals surface area contributed by atoms with E-state index in [0.717, 1.165) is 10.5 Å². The highest BCUT2D eigenvalue weighted by Gasteiger charge is 2.23. The van der Waals surface area contributed by atoms with Crippen LogP contribution in [0, 0.1) is 0 Å². The van der Waals surface area contributed by atoms with Gasteiger partial charge in [0, 0.05) is 4.90 Å². The van der Waals surface area contributed by atoms with E-state index in [0.29, 0.717) is 0 Å². The van der Waals surface area contributed by atoms with Crippen LogP contribution >= 0.6 is 11.6 Å². The fraction of sp³-hybridized carbons (Fsp3) is 0.200. The maximum Gasteiger partial charge on any atom is 0.0729 e. The molecule has 3 atom stereocenters. The Kier molecular flexibility index (Phi) is 4.56. The first-order valence-electron chi connectivity index (χ1n) is 5.85. The predicted octanol–water partition coefficient (Wildman–Crippen LogP) is 4.16. The average molecular weight is 279 g/mol. The van der Waals surface area contributed by atoms with E-state index in [4.69, 9.17) is 11.6 Å². The molecule has 0 amide bonds. The standard InChI is InChI=1S/C15H15ClOS/c1-12(15(16)13-8-4-2-5-9-13)18(17)14-10-6-3-7-11-14/h2-12,15H,1H3/t12-,15+,18-/m1/s1. The topological polar surface area (TPSA) is 17.1 Å². The zero-order chi connectivity index (χ0) is 13.0. The Hall–Kier alpha value is -1.12. The van der Waals surface area contributed by atoms with Gasteiger partial charge in [0.05, 0.1) is 21.4 Å². The fourth-order valence-electron chi connectivity index (χ4n) is 1.79. The Morgan fingerprint density at radius 2 is 1.44 bits per heavy atom. The van der Waals surface area contributed by atoms with E-state index in [2.05, 4.69) is 0 Å². The van der Waals surface area contributed by atoms with Crippen LogP contribution in [0.25, 0.3) is 0 Å². The predicted molar refractivity (Wildman–Crippen MR) is 77.3 cm³/mol. The van der Waals surface area contributed by atoms with Crippen LogP contribution < -0.4 is 0 Å². The van der Waals surface area contributed by atoms with Gasteiger partial charge in [0.25, 0.3) is 0 Å². The van der Waals surface area contributed by atoms with E-state index in [9.17, 15) is 4.21 Å². The summed E-state index contributed by atoms with van der Waals surface area (Å²) in [6.07, 6.45) is 0. The molecule has 0 saturated heterocycles. The highest BCUT2D eigenvalue weighted by atomic mass is 35.5. The summed E-state index contributed by atoms with van der Waals surface area (Å²) in [5.41, 5.74) is 1.01. The van der Waals surface area contributed by atoms with Gasteiger partial charge in [-0.2, -0.15) is 0 Å². The molecular formula is C15H15ClOS. The molecule has 0 aliphatic carbocycles. The summed E-state index contributed by atoms with van der Waals surface area (Å²) in [5, 5.41) is -0.372. The van der Waals surface area contributed by atoms with E-state index >= 15 is 0 Å². The lowest BCUT2D eigenvalue weighted by Crippen LogP contribution is -2.17. The molecule has 94 valence electrons. The summed E-state index contributed by atoms with van der Waals surface area (Å²) in [6.45, 7) is 1.92. The van der Waals surface area contributed by atoms with Gasteiger partial charge in [-0.15, -0.1) is 11.6 Å². The molecule has 0 fully saturated rings. The molecular weight excluding hydrogens is 264 g/mol. The second-order valence-electron chi connectivity index (χ2n) is 4.13. The van der Waals surface area contributed by atoms with Crippen LogP contribution in [0.2, 0.25) is 0 Å². The minimum absolute atomic E-state index is 0.128. The summed E-state index contributed by atoms with van der Waals surface area (Å²) in [4.78, 5) is 0.826. The van der Waals surface area contributed by atoms with Crippen LogP contribution in [0.4, 0.5) is 0 Å². The normalized spacial score (nSPS) is 15.9. The molecule has 0 radical (unpaired) electrons. The Balaban J connectivity index is 2.17. The first-order valence-corrected chi connectivity index (χ1v) is 7.49. The molecule has 0 bridgehead atoms. The fourth-order valence-corrected chi connectivity index (χ4v) is 3.44. The minimum atomic E-state index is -1.09. The molecule has 0 aliphatic heterocycles. The lowest BCUT2D eigenvalue weighted by Gasteiger charge is -2.18. The van der Waals surface area contributed by atoms with Crippen LogP contribution in [0.15, 0.2) is 65.6 Å². The van der Waals surface area contributed by atoms with Gasteiger partial charge >= 0.3 is 0 Å². The molecule has 0 aromatic heterocycles. The highest BCUT2D eigenvalue weighted by molar-refractivity contribution is 7.85. The van der Waals surface area contributed by atoms with Gasteiger partial charge < -0.3 is 0 Å². The largest absolute Gasteiger partial charge is 0.254 e. The summed E-state index contributed by atoms with van der Waals surface area (Å²) in [7, 11) is -1.09. The third kappa shape index (κ3) is 3.01. The van der Waals surface area contributed by atoms with Crippen LogP contribution in [0.1, 0.15) is 17.9 Å². The molecule has 1 nitrogen and oxygen atoms in total. The van der Waals surface area contributed by atoms with Gasteiger partial charge in [-0.25, -0.2) is 0 Å². The maximum atomic E-state index is 12.4. The van der Waals surface area contributed by atoms with E-state index in [1.165, 1.54) is 0 Å². The molecule has 2 rings (SSSR count). The zero-order valence-corrected chi connectivity index (χ0v) is 11.7. The van der Waals surface area contributed by atoms with Gasteiger partial charge in [-0.05, 0) is 24.6 Å². The first kappa shape index (κ1) is 13.3. The van der Waals surface area contributed by atoms with Gasteiger partial charge in [0.1, 0.15) is 0 Å². The molecule has 18 heavy (non-hydrogen) atoms. The van der Waals surface area contributed by atoms with Crippen LogP contribution in [-0.2, 0) is 10.8 Å². The number of hydrogen-bond acceptors (Lipinski definition) is 1. The van der Waals surface area contributed by atoms with Crippen LogP contribution in [0.3, 0.4) is 0 Å². The Bertz CT molecular complexity index is 513. The van der Waals surface area contributed by atoms with Gasteiger partial charge in [-0.3, -0.25) is 4.21 Å². The molecule has 2 aromatic carbocycles. The average Bonchev–Trinajstić information content (AvgIpc) is 2.47. The molecule has 0 heterocycles. The summed E-state index contributed by atoms with van der Waals surface area (Å²) < 4.78 is 12.4. The quantitative estimate of drug-likeness (QED) is 0.768. The first-order chi connectivity index (χ1) is 8.70. The van der Waals surface area contributed by atoms with E-state index < -0.39 is 10.8 Å². The van der Waals surface area contributed by atoms with Gasteiger partial charge in [0.15, 0.2) is 0 Å². The van der Waals surface area contributed by atoms with Crippen molar-refractivity contribution in [2.24, 2.45) is 0 Å². The Labute approximate surface area is 115 Å². The van der Waals surface area contributed by atoms with Crippen molar-refractivity contribution in [2.45, 2.75) is 22.4 Å². The second kappa shape index (κ2) is 6.17. The SMILES string of the molecule is C[C@H]([C@H](Cl)c1ccccc1)[S@@](=O)c1ccccc1. The summed E-state index contributed by atoms with van der Waals surface area (Å²) in [6, 6.07) is 19.2. The Morgan fingerprint density at radius 1 is 0.944 bits per heavy atom. The highest BCUT2D eigenvalue weighted by Crippen LogP contribution is 2.29. The maximum absolute atomic E-state index is 12.4. The molecule has 0 saturated carbocycles. The smallest absolute Gasteiger partial charge is 0.0729 e. The van der Waals surface area contributed by atoms with Crippen molar-refractivity contribution in [3.05, 3.63) is 66.2 Å². The van der Waals surface area contributed by atoms with Crippen molar-refractivity contribution >= 4 is 22.4 Å². The van der Waals surface area contributed by atoms with E-state index in [-0.39, 0.29) is 10.6 Å². The lowest BCUT2D eigenvalue weighted by molar-refractivity contribution is 0.670. The molecule has 3 heteroatoms. The summed E-state index contributed by atoms with van der Waals surface area (Å²) in [5.74, 6) is 0. The lowest BCUT2D eigenvalue weighted by atomic mass is 10.1. The van der Waals surface area contributed by atoms with Crippen LogP contribution in [-0.4, -0.2) is 9.46 Å². The number of benzene rings is 2. The van der Waals surface area contributed by atoms with E-state index in [1.807, 2.05) is 67.6 Å². The van der Waals surface area contributed by atoms with Crippen molar-refractivity contribution in [1.82, 2.24) is 0 Å². The van der Waals surface area contributed by atoms with Crippen molar-refractivity contribution in [3.63, 3.8) is 0 Å². The van der Waals surface area contributed by atoms with E-state index in [1.54, 1.807) is 0 Å². The third-order valence-electron chi connectivity index (χ3n) is 2.84. The number of hydrogen-bond donors (Lipinski definition) is 0. The molecule has 0 unspecified atom stereocenters. The van der Waals surface area contributed by atoms with Gasteiger partial charge in [0.2, 0.25) is 0 Å². The van der Waals surface area contributed by atoms with Crippen LogP contribution in [0.5, 0.6) is 0 Å². The zero-order valence-electron chi connectivity index (χ0n) is 10.1. The molecule has 2 aromatic rings. The van der Waals surface area contributed by atoms with Crippen molar-refractivity contribution in [3.8, 4) is 0 Å². The van der Waals surface area contributed by atoms with Crippen molar-refractivity contribution in [1.29, 1.82) is 0 Å². The molecule has 0 aliphatic rings. The van der Waals surface area contributed by atoms with Gasteiger partial charge in [-0.1, -0.05) is 48.5 Å².